The van der Waals surface area contributed by atoms with Crippen LogP contribution in [0.3, 0.4) is 0 Å². The van der Waals surface area contributed by atoms with Gasteiger partial charge in [-0.15, -0.1) is 0 Å². The first-order chi connectivity index (χ1) is 7.24. The topological polar surface area (TPSA) is 44.0 Å². The van der Waals surface area contributed by atoms with Gasteiger partial charge < -0.3 is 5.11 Å². The lowest BCUT2D eigenvalue weighted by atomic mass is 9.92. The van der Waals surface area contributed by atoms with Crippen LogP contribution in [0.25, 0.3) is 0 Å². The summed E-state index contributed by atoms with van der Waals surface area (Å²) in [6.07, 6.45) is 1.94. The Kier molecular flexibility index (Phi) is 4.33. The normalized spacial score (nSPS) is 10.3. The van der Waals surface area contributed by atoms with Gasteiger partial charge in [-0.3, -0.25) is 0 Å². The highest BCUT2D eigenvalue weighted by Crippen LogP contribution is 2.22. The molecule has 1 aromatic carbocycles. The molecule has 0 saturated heterocycles. The fourth-order valence-corrected chi connectivity index (χ4v) is 1.65. The van der Waals surface area contributed by atoms with Crippen molar-refractivity contribution in [1.82, 2.24) is 0 Å². The quantitative estimate of drug-likeness (QED) is 0.815. The van der Waals surface area contributed by atoms with Crippen LogP contribution >= 0.6 is 0 Å². The first-order valence-corrected chi connectivity index (χ1v) is 5.20. The number of rotatable bonds is 4. The zero-order chi connectivity index (χ0) is 11.3. The lowest BCUT2D eigenvalue weighted by Gasteiger charge is -2.12. The van der Waals surface area contributed by atoms with E-state index in [1.54, 1.807) is 0 Å². The second kappa shape index (κ2) is 5.53. The standard InChI is InChI=1S/C13H16NO/c1-3-5-11-6-4-7-12(10(2)9-15)13(11)8-14/h4,6-7,15H,3,5,9H2,1-2H3. The van der Waals surface area contributed by atoms with Crippen LogP contribution in [0, 0.1) is 17.2 Å². The minimum Gasteiger partial charge on any atom is -0.395 e. The van der Waals surface area contributed by atoms with Crippen molar-refractivity contribution >= 4 is 0 Å². The molecule has 0 atom stereocenters. The van der Waals surface area contributed by atoms with Crippen molar-refractivity contribution < 1.29 is 5.11 Å². The van der Waals surface area contributed by atoms with E-state index in [0.717, 1.165) is 29.9 Å². The minimum absolute atomic E-state index is 0.00422. The van der Waals surface area contributed by atoms with Crippen molar-refractivity contribution in [2.75, 3.05) is 6.61 Å². The Morgan fingerprint density at radius 1 is 1.47 bits per heavy atom. The minimum atomic E-state index is 0.00422. The van der Waals surface area contributed by atoms with Crippen LogP contribution in [0.15, 0.2) is 18.2 Å². The maximum atomic E-state index is 9.13. The second-order valence-electron chi connectivity index (χ2n) is 3.64. The van der Waals surface area contributed by atoms with Gasteiger partial charge in [-0.1, -0.05) is 38.5 Å². The SMILES string of the molecule is CCCc1cccc([C](C)CO)c1C#N. The van der Waals surface area contributed by atoms with Crippen molar-refractivity contribution in [1.29, 1.82) is 5.26 Å². The fraction of sp³-hybridized carbons (Fsp3) is 0.385. The van der Waals surface area contributed by atoms with Crippen LogP contribution in [0.5, 0.6) is 0 Å². The molecule has 0 fully saturated rings. The van der Waals surface area contributed by atoms with Crippen LogP contribution in [0.4, 0.5) is 0 Å². The maximum absolute atomic E-state index is 9.13. The van der Waals surface area contributed by atoms with E-state index in [9.17, 15) is 0 Å². The number of nitrogens with zero attached hydrogens (tertiary/aromatic N) is 1. The van der Waals surface area contributed by atoms with Crippen molar-refractivity contribution in [2.24, 2.45) is 0 Å². The average Bonchev–Trinajstić information content (AvgIpc) is 2.28. The molecule has 0 heterocycles. The largest absolute Gasteiger partial charge is 0.395 e. The van der Waals surface area contributed by atoms with E-state index in [4.69, 9.17) is 10.4 Å². The third-order valence-corrected chi connectivity index (χ3v) is 2.48. The summed E-state index contributed by atoms with van der Waals surface area (Å²) in [6.45, 7) is 3.95. The van der Waals surface area contributed by atoms with Crippen molar-refractivity contribution in [3.63, 3.8) is 0 Å². The number of nitriles is 1. The van der Waals surface area contributed by atoms with Gasteiger partial charge in [0.2, 0.25) is 0 Å². The molecular weight excluding hydrogens is 186 g/mol. The predicted molar refractivity (Wildman–Crippen MR) is 60.3 cm³/mol. The summed E-state index contributed by atoms with van der Waals surface area (Å²) in [7, 11) is 0. The summed E-state index contributed by atoms with van der Waals surface area (Å²) in [4.78, 5) is 0. The Labute approximate surface area is 91.2 Å². The van der Waals surface area contributed by atoms with Crippen LogP contribution in [-0.4, -0.2) is 11.7 Å². The lowest BCUT2D eigenvalue weighted by Crippen LogP contribution is -2.05. The van der Waals surface area contributed by atoms with Crippen molar-refractivity contribution in [3.05, 3.63) is 40.8 Å². The van der Waals surface area contributed by atoms with E-state index in [0.29, 0.717) is 5.56 Å². The van der Waals surface area contributed by atoms with Gasteiger partial charge in [0.15, 0.2) is 0 Å². The molecule has 79 valence electrons. The van der Waals surface area contributed by atoms with Gasteiger partial charge in [0.05, 0.1) is 18.2 Å². The Balaban J connectivity index is 3.17. The van der Waals surface area contributed by atoms with Gasteiger partial charge in [0, 0.05) is 5.92 Å². The first kappa shape index (κ1) is 11.7. The van der Waals surface area contributed by atoms with Crippen molar-refractivity contribution in [3.8, 4) is 6.07 Å². The van der Waals surface area contributed by atoms with Crippen LogP contribution in [-0.2, 0) is 6.42 Å². The summed E-state index contributed by atoms with van der Waals surface area (Å²) in [5.41, 5.74) is 2.67. The number of hydrogen-bond donors (Lipinski definition) is 1. The van der Waals surface area contributed by atoms with Crippen molar-refractivity contribution in [2.45, 2.75) is 26.7 Å². The molecule has 0 aromatic heterocycles. The Morgan fingerprint density at radius 2 is 2.20 bits per heavy atom. The molecular formula is C13H16NO. The van der Waals surface area contributed by atoms with E-state index in [-0.39, 0.29) is 6.61 Å². The van der Waals surface area contributed by atoms with Crippen LogP contribution in [0.2, 0.25) is 0 Å². The van der Waals surface area contributed by atoms with E-state index in [1.807, 2.05) is 25.1 Å². The molecule has 1 aromatic rings. The Morgan fingerprint density at radius 3 is 2.73 bits per heavy atom. The van der Waals surface area contributed by atoms with Crippen LogP contribution in [0.1, 0.15) is 37.0 Å². The summed E-state index contributed by atoms with van der Waals surface area (Å²) in [5, 5.41) is 18.2. The third kappa shape index (κ3) is 2.57. The molecule has 0 unspecified atom stereocenters. The molecule has 0 aliphatic heterocycles. The van der Waals surface area contributed by atoms with Gasteiger partial charge in [-0.05, 0) is 17.5 Å². The molecule has 0 aliphatic rings. The van der Waals surface area contributed by atoms with E-state index in [1.165, 1.54) is 0 Å². The molecule has 1 rings (SSSR count). The zero-order valence-corrected chi connectivity index (χ0v) is 9.25. The fourth-order valence-electron chi connectivity index (χ4n) is 1.65. The van der Waals surface area contributed by atoms with Crippen LogP contribution < -0.4 is 0 Å². The number of benzene rings is 1. The third-order valence-electron chi connectivity index (χ3n) is 2.48. The molecule has 2 nitrogen and oxygen atoms in total. The predicted octanol–water partition coefficient (Wildman–Crippen LogP) is 2.45. The highest BCUT2D eigenvalue weighted by Gasteiger charge is 2.12. The van der Waals surface area contributed by atoms with Gasteiger partial charge in [-0.25, -0.2) is 0 Å². The maximum Gasteiger partial charge on any atom is 0.0997 e. The smallest absolute Gasteiger partial charge is 0.0997 e. The van der Waals surface area contributed by atoms with Gasteiger partial charge in [0.1, 0.15) is 0 Å². The van der Waals surface area contributed by atoms with Gasteiger partial charge in [-0.2, -0.15) is 5.26 Å². The van der Waals surface area contributed by atoms with E-state index < -0.39 is 0 Å². The molecule has 2 heteroatoms. The lowest BCUT2D eigenvalue weighted by molar-refractivity contribution is 0.315. The first-order valence-electron chi connectivity index (χ1n) is 5.20. The Hall–Kier alpha value is -1.33. The van der Waals surface area contributed by atoms with E-state index in [2.05, 4.69) is 13.0 Å². The molecule has 0 saturated carbocycles. The molecule has 0 spiro atoms. The molecule has 0 aliphatic carbocycles. The molecule has 1 radical (unpaired) electrons. The summed E-state index contributed by atoms with van der Waals surface area (Å²) < 4.78 is 0. The van der Waals surface area contributed by atoms with Gasteiger partial charge in [0.25, 0.3) is 0 Å². The number of aryl methyl sites for hydroxylation is 1. The summed E-state index contributed by atoms with van der Waals surface area (Å²) >= 11 is 0. The second-order valence-corrected chi connectivity index (χ2v) is 3.64. The Bertz CT molecular complexity index is 365. The number of aliphatic hydroxyl groups is 1. The summed E-state index contributed by atoms with van der Waals surface area (Å²) in [6, 6.07) is 8.05. The highest BCUT2D eigenvalue weighted by atomic mass is 16.3. The highest BCUT2D eigenvalue weighted by molar-refractivity contribution is 5.50. The van der Waals surface area contributed by atoms with E-state index >= 15 is 0 Å². The number of hydrogen-bond acceptors (Lipinski definition) is 2. The zero-order valence-electron chi connectivity index (χ0n) is 9.25. The molecule has 15 heavy (non-hydrogen) atoms. The number of aliphatic hydroxyl groups excluding tert-OH is 1. The van der Waals surface area contributed by atoms with Gasteiger partial charge >= 0.3 is 0 Å². The molecule has 0 amide bonds. The monoisotopic (exact) mass is 202 g/mol. The molecule has 0 bridgehead atoms. The summed E-state index contributed by atoms with van der Waals surface area (Å²) in [5.74, 6) is 0.851. The molecule has 1 N–H and O–H groups in total. The average molecular weight is 202 g/mol.